The first-order chi connectivity index (χ1) is 5.50. The maximum absolute atomic E-state index is 10.7. The summed E-state index contributed by atoms with van der Waals surface area (Å²) in [6.07, 6.45) is 0.494. The number of hydrogen-bond donors (Lipinski definition) is 1. The summed E-state index contributed by atoms with van der Waals surface area (Å²) in [4.78, 5) is 21.0. The number of aliphatic carboxylic acids is 1. The molecule has 0 spiro atoms. The van der Waals surface area contributed by atoms with Crippen molar-refractivity contribution in [2.45, 2.75) is 25.8 Å². The average Bonchev–Trinajstić information content (AvgIpc) is 2.24. The van der Waals surface area contributed by atoms with E-state index < -0.39 is 17.4 Å². The second-order valence-corrected chi connectivity index (χ2v) is 3.54. The van der Waals surface area contributed by atoms with E-state index >= 15 is 0 Å². The van der Waals surface area contributed by atoms with Crippen LogP contribution in [-0.4, -0.2) is 28.2 Å². The van der Waals surface area contributed by atoms with E-state index in [0.717, 1.165) is 0 Å². The molecule has 0 aromatic heterocycles. The molecule has 0 radical (unpaired) electrons. The molecular formula is C7H12N2O3. The third-order valence-corrected chi connectivity index (χ3v) is 2.54. The van der Waals surface area contributed by atoms with Crippen molar-refractivity contribution in [1.29, 1.82) is 0 Å². The summed E-state index contributed by atoms with van der Waals surface area (Å²) in [5.74, 6) is -1.35. The molecule has 0 aromatic carbocycles. The minimum atomic E-state index is -0.855. The molecule has 1 saturated heterocycles. The number of rotatable bonds is 2. The number of hydrogen-bond acceptors (Lipinski definition) is 3. The Morgan fingerprint density at radius 3 is 2.50 bits per heavy atom. The Labute approximate surface area is 70.3 Å². The highest BCUT2D eigenvalue weighted by molar-refractivity contribution is 5.72. The highest BCUT2D eigenvalue weighted by Gasteiger charge is 2.46. The molecule has 1 N–H and O–H groups in total. The molecule has 1 fully saturated rings. The predicted molar refractivity (Wildman–Crippen MR) is 42.3 cm³/mol. The zero-order valence-electron chi connectivity index (χ0n) is 7.15. The van der Waals surface area contributed by atoms with Crippen LogP contribution in [0.3, 0.4) is 0 Å². The van der Waals surface area contributed by atoms with Crippen LogP contribution < -0.4 is 0 Å². The third-order valence-electron chi connectivity index (χ3n) is 2.54. The molecule has 5 nitrogen and oxygen atoms in total. The van der Waals surface area contributed by atoms with E-state index in [2.05, 4.69) is 5.29 Å². The van der Waals surface area contributed by atoms with Gasteiger partial charge in [-0.15, -0.1) is 4.91 Å². The summed E-state index contributed by atoms with van der Waals surface area (Å²) in [5.41, 5.74) is -0.645. The van der Waals surface area contributed by atoms with Crippen LogP contribution in [0.25, 0.3) is 0 Å². The van der Waals surface area contributed by atoms with Crippen molar-refractivity contribution >= 4 is 5.97 Å². The van der Waals surface area contributed by atoms with Gasteiger partial charge >= 0.3 is 5.97 Å². The Balaban J connectivity index is 2.84. The van der Waals surface area contributed by atoms with E-state index in [-0.39, 0.29) is 0 Å². The monoisotopic (exact) mass is 172 g/mol. The van der Waals surface area contributed by atoms with Gasteiger partial charge in [-0.3, -0.25) is 9.80 Å². The highest BCUT2D eigenvalue weighted by atomic mass is 16.4. The molecule has 68 valence electrons. The van der Waals surface area contributed by atoms with Gasteiger partial charge in [-0.1, -0.05) is 0 Å². The fourth-order valence-corrected chi connectivity index (χ4v) is 1.64. The van der Waals surface area contributed by atoms with Crippen molar-refractivity contribution in [3.63, 3.8) is 0 Å². The van der Waals surface area contributed by atoms with Gasteiger partial charge in [0.15, 0.2) is 0 Å². The van der Waals surface area contributed by atoms with Gasteiger partial charge in [0.25, 0.3) is 0 Å². The molecule has 1 aliphatic heterocycles. The fourth-order valence-electron chi connectivity index (χ4n) is 1.64. The van der Waals surface area contributed by atoms with Crippen LogP contribution >= 0.6 is 0 Å². The average molecular weight is 172 g/mol. The lowest BCUT2D eigenvalue weighted by Crippen LogP contribution is -2.41. The molecular weight excluding hydrogens is 160 g/mol. The fraction of sp³-hybridized carbons (Fsp3) is 0.857. The number of carbonyl (C=O) groups is 1. The number of carboxylic acids is 1. The van der Waals surface area contributed by atoms with E-state index in [4.69, 9.17) is 5.11 Å². The van der Waals surface area contributed by atoms with E-state index in [1.165, 1.54) is 5.01 Å². The molecule has 1 rings (SSSR count). The van der Waals surface area contributed by atoms with Crippen LogP contribution in [0.5, 0.6) is 0 Å². The zero-order valence-corrected chi connectivity index (χ0v) is 7.15. The molecule has 0 saturated carbocycles. The van der Waals surface area contributed by atoms with Crippen molar-refractivity contribution in [1.82, 2.24) is 5.01 Å². The van der Waals surface area contributed by atoms with Gasteiger partial charge in [0.05, 0.1) is 16.7 Å². The quantitative estimate of drug-likeness (QED) is 0.627. The standard InChI is InChI=1S/C7H12N2O3/c1-7(2)5(6(10)11)3-4-9(7)8-12/h5H,3-4H2,1-2H3,(H,10,11). The van der Waals surface area contributed by atoms with Crippen molar-refractivity contribution in [2.75, 3.05) is 6.54 Å². The van der Waals surface area contributed by atoms with Gasteiger partial charge in [0.1, 0.15) is 0 Å². The molecule has 1 atom stereocenters. The summed E-state index contributed by atoms with van der Waals surface area (Å²) < 4.78 is 0. The van der Waals surface area contributed by atoms with Crippen LogP contribution in [0.4, 0.5) is 0 Å². The van der Waals surface area contributed by atoms with E-state index in [0.29, 0.717) is 13.0 Å². The lowest BCUT2D eigenvalue weighted by atomic mass is 9.89. The Kier molecular flexibility index (Phi) is 2.04. The first-order valence-corrected chi connectivity index (χ1v) is 3.84. The first-order valence-electron chi connectivity index (χ1n) is 3.84. The summed E-state index contributed by atoms with van der Waals surface area (Å²) in [5, 5.41) is 12.9. The van der Waals surface area contributed by atoms with Crippen molar-refractivity contribution in [3.05, 3.63) is 4.91 Å². The van der Waals surface area contributed by atoms with E-state index in [1.54, 1.807) is 13.8 Å². The highest BCUT2D eigenvalue weighted by Crippen LogP contribution is 2.34. The Hall–Kier alpha value is -1.13. The second-order valence-electron chi connectivity index (χ2n) is 3.54. The van der Waals surface area contributed by atoms with Crippen molar-refractivity contribution in [2.24, 2.45) is 11.2 Å². The second kappa shape index (κ2) is 2.73. The minimum absolute atomic E-state index is 0.438. The minimum Gasteiger partial charge on any atom is -0.481 e. The normalized spacial score (nSPS) is 27.2. The molecule has 0 aliphatic carbocycles. The van der Waals surface area contributed by atoms with Gasteiger partial charge < -0.3 is 5.11 Å². The summed E-state index contributed by atoms with van der Waals surface area (Å²) >= 11 is 0. The molecule has 1 unspecified atom stereocenters. The number of carboxylic acid groups (broad SMARTS) is 1. The zero-order chi connectivity index (χ0) is 9.35. The number of nitroso groups, excluding NO2 is 1. The first kappa shape index (κ1) is 8.96. The lowest BCUT2D eigenvalue weighted by Gasteiger charge is -2.28. The lowest BCUT2D eigenvalue weighted by molar-refractivity contribution is -0.144. The van der Waals surface area contributed by atoms with Crippen LogP contribution in [0, 0.1) is 10.8 Å². The SMILES string of the molecule is CC1(C)C(C(=O)O)CCN1N=O. The van der Waals surface area contributed by atoms with Gasteiger partial charge in [0.2, 0.25) is 0 Å². The van der Waals surface area contributed by atoms with E-state index in [9.17, 15) is 9.70 Å². The third kappa shape index (κ3) is 1.15. The van der Waals surface area contributed by atoms with Crippen LogP contribution in [0.15, 0.2) is 5.29 Å². The Morgan fingerprint density at radius 1 is 1.67 bits per heavy atom. The van der Waals surface area contributed by atoms with Gasteiger partial charge in [0, 0.05) is 6.54 Å². The van der Waals surface area contributed by atoms with Crippen molar-refractivity contribution in [3.8, 4) is 0 Å². The molecule has 0 bridgehead atoms. The molecule has 5 heteroatoms. The molecule has 0 aromatic rings. The summed E-state index contributed by atoms with van der Waals surface area (Å²) in [6, 6.07) is 0. The van der Waals surface area contributed by atoms with Crippen molar-refractivity contribution < 1.29 is 9.90 Å². The Morgan fingerprint density at radius 2 is 2.25 bits per heavy atom. The maximum atomic E-state index is 10.7. The van der Waals surface area contributed by atoms with Crippen LogP contribution in [0.1, 0.15) is 20.3 Å². The van der Waals surface area contributed by atoms with Crippen LogP contribution in [-0.2, 0) is 4.79 Å². The maximum Gasteiger partial charge on any atom is 0.309 e. The Bertz CT molecular complexity index is 215. The predicted octanol–water partition coefficient (Wildman–Crippen LogP) is 0.853. The molecule has 0 amide bonds. The molecule has 12 heavy (non-hydrogen) atoms. The molecule has 1 heterocycles. The van der Waals surface area contributed by atoms with Gasteiger partial charge in [-0.05, 0) is 20.3 Å². The molecule has 1 aliphatic rings. The van der Waals surface area contributed by atoms with Crippen LogP contribution in [0.2, 0.25) is 0 Å². The summed E-state index contributed by atoms with van der Waals surface area (Å²) in [7, 11) is 0. The van der Waals surface area contributed by atoms with Gasteiger partial charge in [-0.25, -0.2) is 0 Å². The topological polar surface area (TPSA) is 70.0 Å². The largest absolute Gasteiger partial charge is 0.481 e. The number of nitrogens with zero attached hydrogens (tertiary/aromatic N) is 2. The van der Waals surface area contributed by atoms with E-state index in [1.807, 2.05) is 0 Å². The smallest absolute Gasteiger partial charge is 0.309 e. The van der Waals surface area contributed by atoms with Gasteiger partial charge in [-0.2, -0.15) is 0 Å². The summed E-state index contributed by atoms with van der Waals surface area (Å²) in [6.45, 7) is 3.88.